The van der Waals surface area contributed by atoms with Crippen LogP contribution < -0.4 is 10.1 Å². The second-order valence-corrected chi connectivity index (χ2v) is 7.52. The van der Waals surface area contributed by atoms with E-state index in [0.29, 0.717) is 38.3 Å². The molecule has 3 atom stereocenters. The van der Waals surface area contributed by atoms with Gasteiger partial charge in [0.1, 0.15) is 12.4 Å². The average molecular weight is 409 g/mol. The zero-order valence-electron chi connectivity index (χ0n) is 16.8. The Morgan fingerprint density at radius 3 is 2.87 bits per heavy atom. The summed E-state index contributed by atoms with van der Waals surface area (Å²) in [6.07, 6.45) is 5.05. The summed E-state index contributed by atoms with van der Waals surface area (Å²) in [6, 6.07) is 15.5. The van der Waals surface area contributed by atoms with E-state index in [1.807, 2.05) is 54.7 Å². The number of aromatic nitrogens is 2. The van der Waals surface area contributed by atoms with Gasteiger partial charge in [0.15, 0.2) is 5.76 Å². The highest BCUT2D eigenvalue weighted by Gasteiger charge is 2.30. The molecule has 7 heteroatoms. The molecule has 1 fully saturated rings. The van der Waals surface area contributed by atoms with Crippen LogP contribution in [0.3, 0.4) is 0 Å². The molecule has 0 unspecified atom stereocenters. The first-order valence-corrected chi connectivity index (χ1v) is 10.3. The number of rotatable bonds is 9. The van der Waals surface area contributed by atoms with Gasteiger partial charge in [-0.1, -0.05) is 29.4 Å². The monoisotopic (exact) mass is 409 g/mol. The summed E-state index contributed by atoms with van der Waals surface area (Å²) in [7, 11) is 0. The van der Waals surface area contributed by atoms with E-state index >= 15 is 0 Å². The SMILES string of the molecule is O[C@H]1CC[C@@H](Cc2cc(COc3ccccc3)on2)O[C@@H]1CNCc1cccnc1. The summed E-state index contributed by atoms with van der Waals surface area (Å²) in [6.45, 7) is 1.61. The van der Waals surface area contributed by atoms with E-state index in [0.717, 1.165) is 23.4 Å². The van der Waals surface area contributed by atoms with Crippen LogP contribution in [0.1, 0.15) is 29.9 Å². The van der Waals surface area contributed by atoms with Gasteiger partial charge in [0.25, 0.3) is 0 Å². The molecule has 0 spiro atoms. The van der Waals surface area contributed by atoms with Crippen molar-refractivity contribution in [3.63, 3.8) is 0 Å². The molecule has 0 bridgehead atoms. The number of aliphatic hydroxyl groups excluding tert-OH is 1. The second-order valence-electron chi connectivity index (χ2n) is 7.52. The minimum absolute atomic E-state index is 0.00610. The molecule has 0 radical (unpaired) electrons. The van der Waals surface area contributed by atoms with Crippen LogP contribution in [0.4, 0.5) is 0 Å². The number of hydrogen-bond acceptors (Lipinski definition) is 7. The first-order valence-electron chi connectivity index (χ1n) is 10.3. The highest BCUT2D eigenvalue weighted by atomic mass is 16.5. The third-order valence-corrected chi connectivity index (χ3v) is 5.15. The van der Waals surface area contributed by atoms with Gasteiger partial charge < -0.3 is 24.4 Å². The summed E-state index contributed by atoms with van der Waals surface area (Å²) in [5.74, 6) is 1.47. The highest BCUT2D eigenvalue weighted by molar-refractivity contribution is 5.21. The molecular formula is C23H27N3O4. The second kappa shape index (κ2) is 10.3. The largest absolute Gasteiger partial charge is 0.486 e. The Kier molecular flexibility index (Phi) is 7.07. The highest BCUT2D eigenvalue weighted by Crippen LogP contribution is 2.23. The maximum absolute atomic E-state index is 10.3. The molecule has 4 rings (SSSR count). The molecule has 30 heavy (non-hydrogen) atoms. The predicted octanol–water partition coefficient (Wildman–Crippen LogP) is 2.89. The van der Waals surface area contributed by atoms with Gasteiger partial charge in [0.05, 0.1) is 24.0 Å². The van der Waals surface area contributed by atoms with Crippen LogP contribution in [0.25, 0.3) is 0 Å². The molecule has 1 aliphatic rings. The number of hydrogen-bond donors (Lipinski definition) is 2. The lowest BCUT2D eigenvalue weighted by molar-refractivity contribution is -0.115. The molecule has 0 amide bonds. The van der Waals surface area contributed by atoms with Gasteiger partial charge in [-0.2, -0.15) is 0 Å². The van der Waals surface area contributed by atoms with Gasteiger partial charge in [0, 0.05) is 38.0 Å². The van der Waals surface area contributed by atoms with Crippen molar-refractivity contribution in [2.45, 2.75) is 50.7 Å². The Balaban J connectivity index is 1.24. The smallest absolute Gasteiger partial charge is 0.174 e. The predicted molar refractivity (Wildman–Crippen MR) is 111 cm³/mol. The van der Waals surface area contributed by atoms with Gasteiger partial charge in [-0.05, 0) is 36.6 Å². The minimum Gasteiger partial charge on any atom is -0.486 e. The van der Waals surface area contributed by atoms with E-state index < -0.39 is 6.10 Å². The number of aliphatic hydroxyl groups is 1. The number of nitrogens with one attached hydrogen (secondary N) is 1. The van der Waals surface area contributed by atoms with Crippen LogP contribution in [-0.4, -0.2) is 40.1 Å². The van der Waals surface area contributed by atoms with Crippen molar-refractivity contribution in [3.8, 4) is 5.75 Å². The Morgan fingerprint density at radius 1 is 1.13 bits per heavy atom. The van der Waals surface area contributed by atoms with E-state index in [1.165, 1.54) is 0 Å². The zero-order valence-corrected chi connectivity index (χ0v) is 16.8. The summed E-state index contributed by atoms with van der Waals surface area (Å²) in [4.78, 5) is 4.11. The Hall–Kier alpha value is -2.74. The quantitative estimate of drug-likeness (QED) is 0.562. The first kappa shape index (κ1) is 20.5. The number of nitrogens with zero attached hydrogens (tertiary/aromatic N) is 2. The topological polar surface area (TPSA) is 89.6 Å². The lowest BCUT2D eigenvalue weighted by Crippen LogP contribution is -2.45. The standard InChI is InChI=1S/C23H27N3O4/c27-22-9-8-20(29-23(22)15-25-14-17-5-4-10-24-13-17)11-18-12-21(30-26-18)16-28-19-6-2-1-3-7-19/h1-7,10,12-13,20,22-23,25,27H,8-9,11,14-16H2/t20-,22-,23+/m0/s1. The fourth-order valence-electron chi connectivity index (χ4n) is 3.57. The van der Waals surface area contributed by atoms with Gasteiger partial charge in [-0.3, -0.25) is 4.98 Å². The van der Waals surface area contributed by atoms with Crippen LogP contribution in [0.5, 0.6) is 5.75 Å². The molecule has 158 valence electrons. The lowest BCUT2D eigenvalue weighted by Gasteiger charge is -2.34. The van der Waals surface area contributed by atoms with Gasteiger partial charge in [-0.25, -0.2) is 0 Å². The number of pyridine rings is 1. The van der Waals surface area contributed by atoms with Crippen molar-refractivity contribution in [1.29, 1.82) is 0 Å². The van der Waals surface area contributed by atoms with Crippen molar-refractivity contribution in [3.05, 3.63) is 77.9 Å². The molecule has 7 nitrogen and oxygen atoms in total. The summed E-state index contributed by atoms with van der Waals surface area (Å²) in [5.41, 5.74) is 1.94. The van der Waals surface area contributed by atoms with Crippen LogP contribution in [-0.2, 0) is 24.3 Å². The summed E-state index contributed by atoms with van der Waals surface area (Å²) in [5, 5.41) is 17.8. The lowest BCUT2D eigenvalue weighted by atomic mass is 9.98. The first-order chi connectivity index (χ1) is 14.8. The third-order valence-electron chi connectivity index (χ3n) is 5.15. The molecular weight excluding hydrogens is 382 g/mol. The molecule has 3 aromatic rings. The van der Waals surface area contributed by atoms with Crippen LogP contribution in [0.15, 0.2) is 65.4 Å². The zero-order chi connectivity index (χ0) is 20.6. The van der Waals surface area contributed by atoms with Gasteiger partial charge in [0.2, 0.25) is 0 Å². The van der Waals surface area contributed by atoms with E-state index in [4.69, 9.17) is 14.0 Å². The summed E-state index contributed by atoms with van der Waals surface area (Å²) >= 11 is 0. The molecule has 3 heterocycles. The maximum atomic E-state index is 10.3. The Bertz CT molecular complexity index is 888. The van der Waals surface area contributed by atoms with E-state index in [9.17, 15) is 5.11 Å². The summed E-state index contributed by atoms with van der Waals surface area (Å²) < 4.78 is 17.2. The Morgan fingerprint density at radius 2 is 2.03 bits per heavy atom. The van der Waals surface area contributed by atoms with Crippen molar-refractivity contribution in [2.24, 2.45) is 0 Å². The maximum Gasteiger partial charge on any atom is 0.174 e. The van der Waals surface area contributed by atoms with Crippen LogP contribution >= 0.6 is 0 Å². The van der Waals surface area contributed by atoms with E-state index in [1.54, 1.807) is 6.20 Å². The van der Waals surface area contributed by atoms with Crippen molar-refractivity contribution < 1.29 is 19.1 Å². The third kappa shape index (κ3) is 5.89. The van der Waals surface area contributed by atoms with E-state index in [-0.39, 0.29) is 12.2 Å². The fraction of sp³-hybridized carbons (Fsp3) is 0.391. The molecule has 1 saturated heterocycles. The molecule has 2 N–H and O–H groups in total. The molecule has 0 aliphatic carbocycles. The molecule has 2 aromatic heterocycles. The van der Waals surface area contributed by atoms with Crippen molar-refractivity contribution in [2.75, 3.05) is 6.54 Å². The average Bonchev–Trinajstić information content (AvgIpc) is 3.23. The molecule has 1 aromatic carbocycles. The van der Waals surface area contributed by atoms with Crippen molar-refractivity contribution in [1.82, 2.24) is 15.5 Å². The van der Waals surface area contributed by atoms with Gasteiger partial charge in [-0.15, -0.1) is 0 Å². The minimum atomic E-state index is -0.463. The number of ether oxygens (including phenoxy) is 2. The normalized spacial score (nSPS) is 21.4. The van der Waals surface area contributed by atoms with Crippen molar-refractivity contribution >= 4 is 0 Å². The number of benzene rings is 1. The van der Waals surface area contributed by atoms with Crippen LogP contribution in [0.2, 0.25) is 0 Å². The number of para-hydroxylation sites is 1. The van der Waals surface area contributed by atoms with Crippen LogP contribution in [0, 0.1) is 0 Å². The van der Waals surface area contributed by atoms with Gasteiger partial charge >= 0.3 is 0 Å². The Labute approximate surface area is 176 Å². The fourth-order valence-corrected chi connectivity index (χ4v) is 3.57. The van der Waals surface area contributed by atoms with E-state index in [2.05, 4.69) is 15.5 Å². The molecule has 0 saturated carbocycles. The molecule has 1 aliphatic heterocycles.